The summed E-state index contributed by atoms with van der Waals surface area (Å²) in [6.45, 7) is 0.820. The highest BCUT2D eigenvalue weighted by Gasteiger charge is 2.30. The number of nitrogens with two attached hydrogens (primary N) is 1. The average Bonchev–Trinajstić information content (AvgIpc) is 3.11. The Kier molecular flexibility index (Phi) is 5.71. The van der Waals surface area contributed by atoms with Crippen molar-refractivity contribution in [3.05, 3.63) is 65.7 Å². The number of rotatable bonds is 6. The SMILES string of the molecule is COc1ccccc1C[C@H]1CCCN1C(=O)C[C@@H](N)c1ccccc1. The highest BCUT2D eigenvalue weighted by molar-refractivity contribution is 5.77. The number of carbonyl (C=O) groups is 1. The maximum absolute atomic E-state index is 12.8. The molecule has 4 heteroatoms. The molecule has 0 unspecified atom stereocenters. The molecule has 1 fully saturated rings. The number of amides is 1. The number of carbonyl (C=O) groups excluding carboxylic acids is 1. The molecule has 0 spiro atoms. The molecule has 0 radical (unpaired) electrons. The third kappa shape index (κ3) is 4.20. The zero-order valence-corrected chi connectivity index (χ0v) is 14.7. The van der Waals surface area contributed by atoms with Crippen LogP contribution in [0.4, 0.5) is 0 Å². The summed E-state index contributed by atoms with van der Waals surface area (Å²) in [5.74, 6) is 1.04. The van der Waals surface area contributed by atoms with Crippen LogP contribution in [0, 0.1) is 0 Å². The lowest BCUT2D eigenvalue weighted by Gasteiger charge is -2.26. The number of benzene rings is 2. The molecule has 1 aliphatic rings. The van der Waals surface area contributed by atoms with Crippen LogP contribution >= 0.6 is 0 Å². The first-order valence-corrected chi connectivity index (χ1v) is 8.91. The van der Waals surface area contributed by atoms with Crippen LogP contribution < -0.4 is 10.5 Å². The minimum atomic E-state index is -0.249. The van der Waals surface area contributed by atoms with Gasteiger partial charge in [-0.25, -0.2) is 0 Å². The Morgan fingerprint density at radius 2 is 1.92 bits per heavy atom. The van der Waals surface area contributed by atoms with Gasteiger partial charge in [-0.05, 0) is 36.5 Å². The smallest absolute Gasteiger partial charge is 0.224 e. The Bertz CT molecular complexity index is 702. The summed E-state index contributed by atoms with van der Waals surface area (Å²) in [5.41, 5.74) is 8.40. The molecule has 1 aliphatic heterocycles. The summed E-state index contributed by atoms with van der Waals surface area (Å²) < 4.78 is 5.45. The largest absolute Gasteiger partial charge is 0.496 e. The second kappa shape index (κ2) is 8.17. The lowest BCUT2D eigenvalue weighted by molar-refractivity contribution is -0.132. The van der Waals surface area contributed by atoms with Crippen LogP contribution in [0.5, 0.6) is 5.75 Å². The molecular formula is C21H26N2O2. The van der Waals surface area contributed by atoms with Gasteiger partial charge in [-0.1, -0.05) is 48.5 Å². The molecular weight excluding hydrogens is 312 g/mol. The average molecular weight is 338 g/mol. The van der Waals surface area contributed by atoms with Gasteiger partial charge in [-0.3, -0.25) is 4.79 Å². The first-order chi connectivity index (χ1) is 12.2. The summed E-state index contributed by atoms with van der Waals surface area (Å²) >= 11 is 0. The Labute approximate surface area is 149 Å². The number of likely N-dealkylation sites (tertiary alicyclic amines) is 1. The molecule has 0 aliphatic carbocycles. The van der Waals surface area contributed by atoms with Crippen LogP contribution in [0.15, 0.2) is 54.6 Å². The van der Waals surface area contributed by atoms with Gasteiger partial charge in [-0.15, -0.1) is 0 Å². The maximum Gasteiger partial charge on any atom is 0.224 e. The molecule has 132 valence electrons. The van der Waals surface area contributed by atoms with Crippen molar-refractivity contribution in [1.82, 2.24) is 4.90 Å². The van der Waals surface area contributed by atoms with E-state index in [2.05, 4.69) is 6.07 Å². The fourth-order valence-electron chi connectivity index (χ4n) is 3.63. The van der Waals surface area contributed by atoms with Crippen molar-refractivity contribution >= 4 is 5.91 Å². The van der Waals surface area contributed by atoms with Gasteiger partial charge in [0.25, 0.3) is 0 Å². The number of ether oxygens (including phenoxy) is 1. The van der Waals surface area contributed by atoms with Gasteiger partial charge in [0.2, 0.25) is 5.91 Å². The molecule has 1 heterocycles. The van der Waals surface area contributed by atoms with Crippen LogP contribution in [0.3, 0.4) is 0 Å². The quantitative estimate of drug-likeness (QED) is 0.879. The van der Waals surface area contributed by atoms with Crippen molar-refractivity contribution in [2.45, 2.75) is 37.8 Å². The molecule has 2 aromatic rings. The van der Waals surface area contributed by atoms with E-state index >= 15 is 0 Å². The molecule has 0 bridgehead atoms. The monoisotopic (exact) mass is 338 g/mol. The van der Waals surface area contributed by atoms with Crippen molar-refractivity contribution in [3.63, 3.8) is 0 Å². The van der Waals surface area contributed by atoms with Gasteiger partial charge in [0.05, 0.1) is 7.11 Å². The Morgan fingerprint density at radius 1 is 1.20 bits per heavy atom. The Morgan fingerprint density at radius 3 is 2.68 bits per heavy atom. The molecule has 1 amide bonds. The third-order valence-electron chi connectivity index (χ3n) is 4.97. The Hall–Kier alpha value is -2.33. The van der Waals surface area contributed by atoms with E-state index in [1.807, 2.05) is 53.4 Å². The highest BCUT2D eigenvalue weighted by Crippen LogP contribution is 2.27. The zero-order chi connectivity index (χ0) is 17.6. The number of methoxy groups -OCH3 is 1. The topological polar surface area (TPSA) is 55.6 Å². The van der Waals surface area contributed by atoms with E-state index in [-0.39, 0.29) is 18.0 Å². The minimum absolute atomic E-state index is 0.147. The van der Waals surface area contributed by atoms with E-state index in [1.54, 1.807) is 7.11 Å². The molecule has 2 atom stereocenters. The maximum atomic E-state index is 12.8. The van der Waals surface area contributed by atoms with E-state index in [9.17, 15) is 4.79 Å². The van der Waals surface area contributed by atoms with Crippen molar-refractivity contribution in [2.75, 3.05) is 13.7 Å². The van der Waals surface area contributed by atoms with E-state index < -0.39 is 0 Å². The second-order valence-corrected chi connectivity index (χ2v) is 6.62. The van der Waals surface area contributed by atoms with Crippen molar-refractivity contribution < 1.29 is 9.53 Å². The third-order valence-corrected chi connectivity index (χ3v) is 4.97. The van der Waals surface area contributed by atoms with E-state index in [1.165, 1.54) is 0 Å². The molecule has 2 N–H and O–H groups in total. The summed E-state index contributed by atoms with van der Waals surface area (Å²) in [4.78, 5) is 14.8. The van der Waals surface area contributed by atoms with E-state index in [4.69, 9.17) is 10.5 Å². The van der Waals surface area contributed by atoms with Crippen LogP contribution in [0.25, 0.3) is 0 Å². The Balaban J connectivity index is 1.65. The number of nitrogens with zero attached hydrogens (tertiary/aromatic N) is 1. The number of hydrogen-bond donors (Lipinski definition) is 1. The molecule has 0 saturated carbocycles. The summed E-state index contributed by atoms with van der Waals surface area (Å²) in [7, 11) is 1.69. The molecule has 25 heavy (non-hydrogen) atoms. The van der Waals surface area contributed by atoms with Crippen LogP contribution in [-0.4, -0.2) is 30.5 Å². The van der Waals surface area contributed by atoms with Crippen LogP contribution in [-0.2, 0) is 11.2 Å². The molecule has 4 nitrogen and oxygen atoms in total. The molecule has 0 aromatic heterocycles. The molecule has 1 saturated heterocycles. The number of hydrogen-bond acceptors (Lipinski definition) is 3. The summed E-state index contributed by atoms with van der Waals surface area (Å²) in [6, 6.07) is 17.9. The van der Waals surface area contributed by atoms with Gasteiger partial charge in [0, 0.05) is 25.0 Å². The van der Waals surface area contributed by atoms with Crippen molar-refractivity contribution in [1.29, 1.82) is 0 Å². The predicted octanol–water partition coefficient (Wildman–Crippen LogP) is 3.32. The van der Waals surface area contributed by atoms with Crippen molar-refractivity contribution in [3.8, 4) is 5.75 Å². The number of para-hydroxylation sites is 1. The van der Waals surface area contributed by atoms with Gasteiger partial charge in [-0.2, -0.15) is 0 Å². The second-order valence-electron chi connectivity index (χ2n) is 6.62. The fourth-order valence-corrected chi connectivity index (χ4v) is 3.63. The fraction of sp³-hybridized carbons (Fsp3) is 0.381. The first kappa shape index (κ1) is 17.5. The predicted molar refractivity (Wildman–Crippen MR) is 99.4 cm³/mol. The van der Waals surface area contributed by atoms with Gasteiger partial charge in [0.15, 0.2) is 0 Å². The van der Waals surface area contributed by atoms with E-state index in [0.29, 0.717) is 6.42 Å². The standard InChI is InChI=1S/C21H26N2O2/c1-25-20-12-6-5-10-17(20)14-18-11-7-13-23(18)21(24)15-19(22)16-8-3-2-4-9-16/h2-6,8-10,12,18-19H,7,11,13-15,22H2,1H3/t18-,19-/m1/s1. The van der Waals surface area contributed by atoms with Crippen LogP contribution in [0.2, 0.25) is 0 Å². The first-order valence-electron chi connectivity index (χ1n) is 8.91. The van der Waals surface area contributed by atoms with Gasteiger partial charge >= 0.3 is 0 Å². The lowest BCUT2D eigenvalue weighted by Crippen LogP contribution is -2.38. The summed E-state index contributed by atoms with van der Waals surface area (Å²) in [6.07, 6.45) is 3.26. The van der Waals surface area contributed by atoms with Gasteiger partial charge in [0.1, 0.15) is 5.75 Å². The van der Waals surface area contributed by atoms with E-state index in [0.717, 1.165) is 42.7 Å². The highest BCUT2D eigenvalue weighted by atomic mass is 16.5. The minimum Gasteiger partial charge on any atom is -0.496 e. The lowest BCUT2D eigenvalue weighted by atomic mass is 10.0. The molecule has 2 aromatic carbocycles. The normalized spacial score (nSPS) is 18.2. The molecule has 3 rings (SSSR count). The summed E-state index contributed by atoms with van der Waals surface area (Å²) in [5, 5.41) is 0. The van der Waals surface area contributed by atoms with Crippen molar-refractivity contribution in [2.24, 2.45) is 5.73 Å². The van der Waals surface area contributed by atoms with Crippen LogP contribution in [0.1, 0.15) is 36.4 Å². The van der Waals surface area contributed by atoms with Gasteiger partial charge < -0.3 is 15.4 Å². The zero-order valence-electron chi connectivity index (χ0n) is 14.7.